The minimum atomic E-state index is 0.259. The van der Waals surface area contributed by atoms with Gasteiger partial charge in [0.2, 0.25) is 0 Å². The summed E-state index contributed by atoms with van der Waals surface area (Å²) < 4.78 is 11.2. The molecule has 1 atom stereocenters. The molecule has 0 saturated carbocycles. The molecule has 1 aliphatic rings. The van der Waals surface area contributed by atoms with Crippen LogP contribution in [0.2, 0.25) is 0 Å². The van der Waals surface area contributed by atoms with Crippen molar-refractivity contribution in [2.45, 2.75) is 52.0 Å². The quantitative estimate of drug-likeness (QED) is 0.599. The highest BCUT2D eigenvalue weighted by Crippen LogP contribution is 2.10. The van der Waals surface area contributed by atoms with Crippen molar-refractivity contribution in [1.29, 1.82) is 0 Å². The van der Waals surface area contributed by atoms with Crippen LogP contribution in [0.15, 0.2) is 29.3 Å². The van der Waals surface area contributed by atoms with Gasteiger partial charge in [0.15, 0.2) is 5.96 Å². The van der Waals surface area contributed by atoms with Crippen LogP contribution in [0, 0.1) is 0 Å². The van der Waals surface area contributed by atoms with Crippen LogP contribution in [0.25, 0.3) is 0 Å². The maximum absolute atomic E-state index is 5.61. The molecule has 2 rings (SSSR count). The van der Waals surface area contributed by atoms with Crippen molar-refractivity contribution in [3.63, 3.8) is 0 Å². The van der Waals surface area contributed by atoms with Gasteiger partial charge < -0.3 is 20.1 Å². The summed E-state index contributed by atoms with van der Waals surface area (Å²) in [7, 11) is 1.79. The predicted molar refractivity (Wildman–Crippen MR) is 93.5 cm³/mol. The van der Waals surface area contributed by atoms with E-state index in [4.69, 9.17) is 9.47 Å². The number of guanidine groups is 1. The number of nitrogens with one attached hydrogen (secondary N) is 2. The Morgan fingerprint density at radius 1 is 1.26 bits per heavy atom. The van der Waals surface area contributed by atoms with Gasteiger partial charge >= 0.3 is 0 Å². The van der Waals surface area contributed by atoms with E-state index < -0.39 is 0 Å². The zero-order valence-corrected chi connectivity index (χ0v) is 14.5. The molecule has 5 nitrogen and oxygen atoms in total. The van der Waals surface area contributed by atoms with Gasteiger partial charge in [-0.3, -0.25) is 4.99 Å². The van der Waals surface area contributed by atoms with Crippen LogP contribution in [0.5, 0.6) is 0 Å². The summed E-state index contributed by atoms with van der Waals surface area (Å²) in [6, 6.07) is 8.47. The van der Waals surface area contributed by atoms with E-state index in [0.717, 1.165) is 38.5 Å². The molecular formula is C18H29N3O2. The standard InChI is InChI=1S/C18H29N3O2/c1-14(2)23-13-16-8-6-15(7-9-16)11-20-18(19-3)21-12-17-5-4-10-22-17/h6-9,14,17H,4-5,10-13H2,1-3H3,(H2,19,20,21). The molecule has 0 aromatic heterocycles. The average Bonchev–Trinajstić information content (AvgIpc) is 3.07. The third-order valence-corrected chi connectivity index (χ3v) is 3.81. The second-order valence-electron chi connectivity index (χ2n) is 6.12. The van der Waals surface area contributed by atoms with Crippen molar-refractivity contribution < 1.29 is 9.47 Å². The third-order valence-electron chi connectivity index (χ3n) is 3.81. The topological polar surface area (TPSA) is 54.9 Å². The number of hydrogen-bond acceptors (Lipinski definition) is 3. The van der Waals surface area contributed by atoms with Crippen molar-refractivity contribution in [3.05, 3.63) is 35.4 Å². The Morgan fingerprint density at radius 3 is 2.61 bits per heavy atom. The van der Waals surface area contributed by atoms with E-state index in [9.17, 15) is 0 Å². The third kappa shape index (κ3) is 6.59. The van der Waals surface area contributed by atoms with E-state index in [1.165, 1.54) is 11.1 Å². The van der Waals surface area contributed by atoms with E-state index in [2.05, 4.69) is 39.9 Å². The Morgan fingerprint density at radius 2 is 2.00 bits per heavy atom. The normalized spacial score (nSPS) is 18.4. The number of hydrogen-bond donors (Lipinski definition) is 2. The summed E-state index contributed by atoms with van der Waals surface area (Å²) in [5.41, 5.74) is 2.42. The summed E-state index contributed by atoms with van der Waals surface area (Å²) in [5, 5.41) is 6.65. The Hall–Kier alpha value is -1.59. The Bertz CT molecular complexity index is 480. The van der Waals surface area contributed by atoms with Gasteiger partial charge in [0, 0.05) is 26.7 Å². The van der Waals surface area contributed by atoms with Gasteiger partial charge in [0.05, 0.1) is 18.8 Å². The molecule has 1 aliphatic heterocycles. The number of nitrogens with zero attached hydrogens (tertiary/aromatic N) is 1. The maximum Gasteiger partial charge on any atom is 0.191 e. The first-order chi connectivity index (χ1) is 11.2. The van der Waals surface area contributed by atoms with Crippen LogP contribution < -0.4 is 10.6 Å². The van der Waals surface area contributed by atoms with Crippen LogP contribution >= 0.6 is 0 Å². The van der Waals surface area contributed by atoms with Gasteiger partial charge in [0.25, 0.3) is 0 Å². The second-order valence-corrected chi connectivity index (χ2v) is 6.12. The number of ether oxygens (including phenoxy) is 2. The number of rotatable bonds is 7. The molecule has 5 heteroatoms. The summed E-state index contributed by atoms with van der Waals surface area (Å²) in [4.78, 5) is 4.25. The lowest BCUT2D eigenvalue weighted by molar-refractivity contribution is 0.0657. The van der Waals surface area contributed by atoms with Gasteiger partial charge in [-0.15, -0.1) is 0 Å². The lowest BCUT2D eigenvalue weighted by Gasteiger charge is -2.15. The maximum atomic E-state index is 5.61. The summed E-state index contributed by atoms with van der Waals surface area (Å²) >= 11 is 0. The molecule has 0 aliphatic carbocycles. The molecular weight excluding hydrogens is 290 g/mol. The summed E-state index contributed by atoms with van der Waals surface area (Å²) in [5.74, 6) is 0.813. The van der Waals surface area contributed by atoms with Crippen LogP contribution in [0.1, 0.15) is 37.8 Å². The minimum absolute atomic E-state index is 0.259. The van der Waals surface area contributed by atoms with E-state index in [1.54, 1.807) is 7.05 Å². The van der Waals surface area contributed by atoms with Crippen molar-refractivity contribution in [1.82, 2.24) is 10.6 Å². The fourth-order valence-corrected chi connectivity index (χ4v) is 2.44. The minimum Gasteiger partial charge on any atom is -0.376 e. The molecule has 0 spiro atoms. The molecule has 2 N–H and O–H groups in total. The van der Waals surface area contributed by atoms with Crippen LogP contribution in [-0.2, 0) is 22.6 Å². The second kappa shape index (κ2) is 9.53. The first-order valence-corrected chi connectivity index (χ1v) is 8.43. The van der Waals surface area contributed by atoms with Gasteiger partial charge in [-0.05, 0) is 37.8 Å². The highest BCUT2D eigenvalue weighted by Gasteiger charge is 2.15. The highest BCUT2D eigenvalue weighted by atomic mass is 16.5. The predicted octanol–water partition coefficient (Wildman–Crippen LogP) is 2.46. The first-order valence-electron chi connectivity index (χ1n) is 8.43. The van der Waals surface area contributed by atoms with Gasteiger partial charge in [-0.25, -0.2) is 0 Å². The van der Waals surface area contributed by atoms with Gasteiger partial charge in [-0.2, -0.15) is 0 Å². The Balaban J connectivity index is 1.72. The summed E-state index contributed by atoms with van der Waals surface area (Å²) in [6.45, 7) is 7.20. The monoisotopic (exact) mass is 319 g/mol. The number of benzene rings is 1. The fourth-order valence-electron chi connectivity index (χ4n) is 2.44. The van der Waals surface area contributed by atoms with E-state index in [0.29, 0.717) is 12.7 Å². The zero-order chi connectivity index (χ0) is 16.5. The molecule has 1 heterocycles. The van der Waals surface area contributed by atoms with Crippen LogP contribution in [0.4, 0.5) is 0 Å². The highest BCUT2D eigenvalue weighted by molar-refractivity contribution is 5.79. The molecule has 1 unspecified atom stereocenters. The van der Waals surface area contributed by atoms with Gasteiger partial charge in [0.1, 0.15) is 0 Å². The molecule has 1 saturated heterocycles. The zero-order valence-electron chi connectivity index (χ0n) is 14.5. The SMILES string of the molecule is CN=C(NCc1ccc(COC(C)C)cc1)NCC1CCCO1. The van der Waals surface area contributed by atoms with Crippen LogP contribution in [0.3, 0.4) is 0 Å². The van der Waals surface area contributed by atoms with Crippen molar-refractivity contribution in [2.75, 3.05) is 20.2 Å². The van der Waals surface area contributed by atoms with Gasteiger partial charge in [-0.1, -0.05) is 24.3 Å². The lowest BCUT2D eigenvalue weighted by Crippen LogP contribution is -2.40. The lowest BCUT2D eigenvalue weighted by atomic mass is 10.1. The summed E-state index contributed by atoms with van der Waals surface area (Å²) in [6.07, 6.45) is 2.86. The molecule has 0 amide bonds. The molecule has 128 valence electrons. The molecule has 1 aromatic rings. The molecule has 1 aromatic carbocycles. The average molecular weight is 319 g/mol. The molecule has 0 radical (unpaired) electrons. The van der Waals surface area contributed by atoms with E-state index >= 15 is 0 Å². The fraction of sp³-hybridized carbons (Fsp3) is 0.611. The van der Waals surface area contributed by atoms with E-state index in [-0.39, 0.29) is 6.10 Å². The van der Waals surface area contributed by atoms with E-state index in [1.807, 2.05) is 13.8 Å². The van der Waals surface area contributed by atoms with Crippen molar-refractivity contribution in [3.8, 4) is 0 Å². The van der Waals surface area contributed by atoms with Crippen LogP contribution in [-0.4, -0.2) is 38.4 Å². The molecule has 0 bridgehead atoms. The van der Waals surface area contributed by atoms with Crippen molar-refractivity contribution >= 4 is 5.96 Å². The Labute approximate surface area is 139 Å². The number of aliphatic imine (C=N–C) groups is 1. The smallest absolute Gasteiger partial charge is 0.191 e. The molecule has 1 fully saturated rings. The van der Waals surface area contributed by atoms with Crippen molar-refractivity contribution in [2.24, 2.45) is 4.99 Å². The first kappa shape index (κ1) is 17.8. The molecule has 23 heavy (non-hydrogen) atoms. The largest absolute Gasteiger partial charge is 0.376 e. The Kier molecular flexibility index (Phi) is 7.36.